The number of aliphatic hydroxyl groups excluding tert-OH is 1. The standard InChI is InChI=1S/C28H42O7/c1-15(2)13-22(32)35-25-24(34-17(4)30)23-21(8-7-18-14-19(31)9-11-26(18,23)5)28(33)12-10-20(16(3)29)27(25,28)6/h7,15,19-21,23-25,31,33H,8-14H2,1-6H3/t19-,20+,21+,23?,24-,25+,26-,27-,28-/m0/s1. The molecule has 0 amide bonds. The first-order valence-corrected chi connectivity index (χ1v) is 13.2. The van der Waals surface area contributed by atoms with Crippen LogP contribution < -0.4 is 0 Å². The highest BCUT2D eigenvalue weighted by atomic mass is 16.6. The summed E-state index contributed by atoms with van der Waals surface area (Å²) in [7, 11) is 0. The Bertz CT molecular complexity index is 924. The van der Waals surface area contributed by atoms with Crippen molar-refractivity contribution in [1.29, 1.82) is 0 Å². The van der Waals surface area contributed by atoms with Crippen molar-refractivity contribution in [1.82, 2.24) is 0 Å². The highest BCUT2D eigenvalue weighted by Crippen LogP contribution is 2.69. The summed E-state index contributed by atoms with van der Waals surface area (Å²) in [6, 6.07) is 0. The molecule has 7 nitrogen and oxygen atoms in total. The number of Topliss-reactive ketones (excluding diaryl/α,β-unsaturated/α-hetero) is 1. The molecule has 1 unspecified atom stereocenters. The molecule has 0 aromatic carbocycles. The van der Waals surface area contributed by atoms with Gasteiger partial charge in [-0.3, -0.25) is 14.4 Å². The smallest absolute Gasteiger partial charge is 0.306 e. The van der Waals surface area contributed by atoms with Crippen LogP contribution in [0.3, 0.4) is 0 Å². The average molecular weight is 491 g/mol. The molecule has 3 saturated carbocycles. The van der Waals surface area contributed by atoms with E-state index < -0.39 is 52.6 Å². The molecule has 196 valence electrons. The van der Waals surface area contributed by atoms with Gasteiger partial charge in [0.1, 0.15) is 18.0 Å². The second kappa shape index (κ2) is 8.98. The maximum absolute atomic E-state index is 13.1. The molecular weight excluding hydrogens is 448 g/mol. The van der Waals surface area contributed by atoms with Crippen LogP contribution in [0.15, 0.2) is 11.6 Å². The van der Waals surface area contributed by atoms with Crippen molar-refractivity contribution in [2.75, 3.05) is 0 Å². The molecule has 0 aliphatic heterocycles. The molecule has 0 aromatic rings. The summed E-state index contributed by atoms with van der Waals surface area (Å²) in [6.07, 6.45) is 3.57. The van der Waals surface area contributed by atoms with E-state index >= 15 is 0 Å². The van der Waals surface area contributed by atoms with Crippen LogP contribution >= 0.6 is 0 Å². The zero-order chi connectivity index (χ0) is 25.9. The second-order valence-corrected chi connectivity index (χ2v) is 12.4. The van der Waals surface area contributed by atoms with E-state index in [1.165, 1.54) is 13.8 Å². The third kappa shape index (κ3) is 3.97. The van der Waals surface area contributed by atoms with Crippen LogP contribution in [0, 0.1) is 34.5 Å². The lowest BCUT2D eigenvalue weighted by Crippen LogP contribution is -2.72. The summed E-state index contributed by atoms with van der Waals surface area (Å²) >= 11 is 0. The van der Waals surface area contributed by atoms with E-state index in [1.54, 1.807) is 0 Å². The number of hydrogen-bond acceptors (Lipinski definition) is 7. The van der Waals surface area contributed by atoms with Crippen molar-refractivity contribution in [3.8, 4) is 0 Å². The molecule has 2 N–H and O–H groups in total. The van der Waals surface area contributed by atoms with E-state index in [9.17, 15) is 24.6 Å². The van der Waals surface area contributed by atoms with Crippen LogP contribution in [0.25, 0.3) is 0 Å². The van der Waals surface area contributed by atoms with E-state index in [2.05, 4.69) is 13.0 Å². The fourth-order valence-corrected chi connectivity index (χ4v) is 8.32. The molecule has 0 bridgehead atoms. The molecule has 0 heterocycles. The van der Waals surface area contributed by atoms with E-state index in [0.717, 1.165) is 5.57 Å². The molecule has 4 aliphatic carbocycles. The van der Waals surface area contributed by atoms with Gasteiger partial charge in [-0.1, -0.05) is 39.3 Å². The first-order valence-electron chi connectivity index (χ1n) is 13.2. The normalized spacial score (nSPS) is 44.5. The van der Waals surface area contributed by atoms with Crippen molar-refractivity contribution < 1.29 is 34.1 Å². The van der Waals surface area contributed by atoms with Gasteiger partial charge in [-0.15, -0.1) is 0 Å². The van der Waals surface area contributed by atoms with Crippen molar-refractivity contribution >= 4 is 17.7 Å². The van der Waals surface area contributed by atoms with Crippen LogP contribution in [0.1, 0.15) is 86.5 Å². The Kier molecular flexibility index (Phi) is 6.76. The van der Waals surface area contributed by atoms with Gasteiger partial charge in [-0.25, -0.2) is 0 Å². The fraction of sp³-hybridized carbons (Fsp3) is 0.821. The predicted molar refractivity (Wildman–Crippen MR) is 129 cm³/mol. The topological polar surface area (TPSA) is 110 Å². The minimum atomic E-state index is -1.26. The van der Waals surface area contributed by atoms with Gasteiger partial charge < -0.3 is 19.7 Å². The van der Waals surface area contributed by atoms with Crippen molar-refractivity contribution in [3.05, 3.63) is 11.6 Å². The highest BCUT2D eigenvalue weighted by Gasteiger charge is 2.75. The Morgan fingerprint density at radius 1 is 1.11 bits per heavy atom. The number of carbonyl (C=O) groups excluding carboxylic acids is 3. The summed E-state index contributed by atoms with van der Waals surface area (Å²) in [5.41, 5.74) is -1.64. The first kappa shape index (κ1) is 26.3. The van der Waals surface area contributed by atoms with Gasteiger partial charge in [0.05, 0.1) is 11.7 Å². The van der Waals surface area contributed by atoms with Gasteiger partial charge >= 0.3 is 11.9 Å². The van der Waals surface area contributed by atoms with Gasteiger partial charge in [-0.2, -0.15) is 0 Å². The van der Waals surface area contributed by atoms with Gasteiger partial charge in [0.2, 0.25) is 0 Å². The van der Waals surface area contributed by atoms with Gasteiger partial charge in [0.15, 0.2) is 0 Å². The summed E-state index contributed by atoms with van der Waals surface area (Å²) in [5.74, 6) is -1.91. The van der Waals surface area contributed by atoms with Gasteiger partial charge in [0.25, 0.3) is 0 Å². The maximum Gasteiger partial charge on any atom is 0.306 e. The molecule has 0 radical (unpaired) electrons. The molecule has 0 spiro atoms. The number of hydrogen-bond donors (Lipinski definition) is 2. The summed E-state index contributed by atoms with van der Waals surface area (Å²) < 4.78 is 12.2. The van der Waals surface area contributed by atoms with E-state index in [4.69, 9.17) is 9.47 Å². The lowest BCUT2D eigenvalue weighted by molar-refractivity contribution is -0.274. The Morgan fingerprint density at radius 2 is 1.80 bits per heavy atom. The van der Waals surface area contributed by atoms with Crippen molar-refractivity contribution in [2.45, 2.75) is 110 Å². The minimum absolute atomic E-state index is 0.0487. The Morgan fingerprint density at radius 3 is 2.40 bits per heavy atom. The number of ether oxygens (including phenoxy) is 2. The molecule has 0 aromatic heterocycles. The van der Waals surface area contributed by atoms with E-state index in [-0.39, 0.29) is 30.0 Å². The quantitative estimate of drug-likeness (QED) is 0.446. The number of rotatable bonds is 5. The molecule has 4 aliphatic rings. The second-order valence-electron chi connectivity index (χ2n) is 12.4. The third-order valence-corrected chi connectivity index (χ3v) is 9.93. The van der Waals surface area contributed by atoms with Crippen molar-refractivity contribution in [2.24, 2.45) is 34.5 Å². The van der Waals surface area contributed by atoms with E-state index in [0.29, 0.717) is 38.5 Å². The summed E-state index contributed by atoms with van der Waals surface area (Å²) in [5, 5.41) is 22.9. The SMILES string of the molecule is CC(=O)O[C@H]1C2[C@@H](CC=C3C[C@@H](O)CC[C@@]32C)[C@@]2(O)CC[C@H](C(C)=O)[C@@]2(C)[C@@H]1OC(=O)CC(C)C. The monoisotopic (exact) mass is 490 g/mol. The maximum atomic E-state index is 13.1. The summed E-state index contributed by atoms with van der Waals surface area (Å²) in [6.45, 7) is 10.7. The van der Waals surface area contributed by atoms with Gasteiger partial charge in [0, 0.05) is 30.6 Å². The number of carbonyl (C=O) groups is 3. The average Bonchev–Trinajstić information content (AvgIpc) is 3.02. The lowest BCUT2D eigenvalue weighted by atomic mass is 9.44. The fourth-order valence-electron chi connectivity index (χ4n) is 8.32. The third-order valence-electron chi connectivity index (χ3n) is 9.93. The number of aliphatic hydroxyl groups is 2. The Balaban J connectivity index is 1.90. The van der Waals surface area contributed by atoms with Gasteiger partial charge in [-0.05, 0) is 62.7 Å². The zero-order valence-electron chi connectivity index (χ0n) is 22.0. The molecule has 35 heavy (non-hydrogen) atoms. The minimum Gasteiger partial charge on any atom is -0.458 e. The van der Waals surface area contributed by atoms with E-state index in [1.807, 2.05) is 20.8 Å². The summed E-state index contributed by atoms with van der Waals surface area (Å²) in [4.78, 5) is 38.4. The first-order chi connectivity index (χ1) is 16.3. The highest BCUT2D eigenvalue weighted by molar-refractivity contribution is 5.80. The number of allylic oxidation sites excluding steroid dienone is 1. The Labute approximate surface area is 208 Å². The molecule has 7 heteroatoms. The molecule has 4 rings (SSSR count). The van der Waals surface area contributed by atoms with Crippen LogP contribution in [0.4, 0.5) is 0 Å². The molecule has 3 fully saturated rings. The Hall–Kier alpha value is -1.73. The van der Waals surface area contributed by atoms with Crippen LogP contribution in [0.5, 0.6) is 0 Å². The van der Waals surface area contributed by atoms with Crippen LogP contribution in [-0.2, 0) is 23.9 Å². The van der Waals surface area contributed by atoms with Crippen LogP contribution in [0.2, 0.25) is 0 Å². The predicted octanol–water partition coefficient (Wildman–Crippen LogP) is 3.74. The van der Waals surface area contributed by atoms with Crippen molar-refractivity contribution in [3.63, 3.8) is 0 Å². The van der Waals surface area contributed by atoms with Crippen LogP contribution in [-0.4, -0.2) is 51.8 Å². The molecule has 0 saturated heterocycles. The zero-order valence-corrected chi connectivity index (χ0v) is 22.0. The molecule has 9 atom stereocenters. The lowest BCUT2D eigenvalue weighted by Gasteiger charge is -2.64. The number of ketones is 1. The number of fused-ring (bicyclic) bond motifs is 5. The number of esters is 2. The largest absolute Gasteiger partial charge is 0.458 e. The molecular formula is C28H42O7.